The number of nitrogens with two attached hydrogens (primary N) is 1. The molecule has 0 atom stereocenters. The minimum Gasteiger partial charge on any atom is -0.376 e. The molecule has 20 heavy (non-hydrogen) atoms. The summed E-state index contributed by atoms with van der Waals surface area (Å²) >= 11 is 6.20. The molecule has 0 aliphatic heterocycles. The topological polar surface area (TPSA) is 72.9 Å². The van der Waals surface area contributed by atoms with E-state index < -0.39 is 0 Å². The van der Waals surface area contributed by atoms with Crippen LogP contribution in [-0.4, -0.2) is 21.9 Å². The molecule has 5 nitrogen and oxygen atoms in total. The maximum atomic E-state index is 12.2. The Hall–Kier alpha value is -1.07. The van der Waals surface area contributed by atoms with Crippen LogP contribution in [0.2, 0.25) is 5.02 Å². The molecule has 3 N–H and O–H groups in total. The minimum atomic E-state index is -0.240. The third-order valence-corrected chi connectivity index (χ3v) is 4.24. The summed E-state index contributed by atoms with van der Waals surface area (Å²) in [5.74, 6) is 0.347. The maximum Gasteiger partial charge on any atom is 0.287 e. The van der Waals surface area contributed by atoms with E-state index in [4.69, 9.17) is 17.3 Å². The number of hydrogen-bond donors (Lipinski definition) is 2. The van der Waals surface area contributed by atoms with Crippen molar-refractivity contribution in [1.29, 1.82) is 0 Å². The van der Waals surface area contributed by atoms with E-state index in [1.54, 1.807) is 6.20 Å². The average molecular weight is 299 g/mol. The maximum absolute atomic E-state index is 12.2. The molecule has 0 bridgehead atoms. The molecular weight excluding hydrogens is 276 g/mol. The molecule has 112 valence electrons. The zero-order valence-electron chi connectivity index (χ0n) is 12.2. The van der Waals surface area contributed by atoms with Crippen LogP contribution in [0.15, 0.2) is 11.0 Å². The summed E-state index contributed by atoms with van der Waals surface area (Å²) in [6.07, 6.45) is 5.96. The molecule has 6 heteroatoms. The fourth-order valence-corrected chi connectivity index (χ4v) is 2.94. The largest absolute Gasteiger partial charge is 0.376 e. The zero-order chi connectivity index (χ0) is 14.8. The van der Waals surface area contributed by atoms with Crippen molar-refractivity contribution in [3.8, 4) is 0 Å². The Kier molecular flexibility index (Phi) is 4.70. The summed E-state index contributed by atoms with van der Waals surface area (Å²) in [6.45, 7) is 5.19. The van der Waals surface area contributed by atoms with E-state index >= 15 is 0 Å². The Labute approximate surface area is 124 Å². The molecule has 0 spiro atoms. The van der Waals surface area contributed by atoms with Crippen molar-refractivity contribution in [3.63, 3.8) is 0 Å². The molecule has 1 aliphatic carbocycles. The summed E-state index contributed by atoms with van der Waals surface area (Å²) in [5, 5.41) is 7.77. The molecule has 1 heterocycles. The highest BCUT2D eigenvalue weighted by atomic mass is 35.5. The molecule has 0 saturated heterocycles. The summed E-state index contributed by atoms with van der Waals surface area (Å²) in [5.41, 5.74) is 6.12. The lowest BCUT2D eigenvalue weighted by Crippen LogP contribution is -2.43. The third-order valence-electron chi connectivity index (χ3n) is 3.87. The van der Waals surface area contributed by atoms with E-state index in [1.807, 2.05) is 13.8 Å². The molecule has 2 rings (SSSR count). The zero-order valence-corrected chi connectivity index (χ0v) is 12.9. The Morgan fingerprint density at radius 2 is 2.15 bits per heavy atom. The van der Waals surface area contributed by atoms with Gasteiger partial charge in [0.15, 0.2) is 0 Å². The number of nitrogens with zero attached hydrogens (tertiary/aromatic N) is 2. The Morgan fingerprint density at radius 1 is 1.50 bits per heavy atom. The van der Waals surface area contributed by atoms with Gasteiger partial charge in [0.2, 0.25) is 0 Å². The monoisotopic (exact) mass is 298 g/mol. The molecule has 0 unspecified atom stereocenters. The Balaban J connectivity index is 2.25. The van der Waals surface area contributed by atoms with E-state index in [9.17, 15) is 4.79 Å². The summed E-state index contributed by atoms with van der Waals surface area (Å²) in [4.78, 5) is 12.2. The van der Waals surface area contributed by atoms with Gasteiger partial charge in [0.1, 0.15) is 5.02 Å². The fraction of sp³-hybridized carbons (Fsp3) is 0.714. The average Bonchev–Trinajstić information content (AvgIpc) is 2.87. The Morgan fingerprint density at radius 3 is 2.70 bits per heavy atom. The number of aromatic nitrogens is 2. The van der Waals surface area contributed by atoms with E-state index in [-0.39, 0.29) is 16.1 Å². The SMILES string of the molecule is CC(C)Cn1ncc(NC2(CN)CCCC2)c(Cl)c1=O. The lowest BCUT2D eigenvalue weighted by molar-refractivity contribution is 0.461. The predicted octanol–water partition coefficient (Wildman–Crippen LogP) is 2.24. The highest BCUT2D eigenvalue weighted by molar-refractivity contribution is 6.32. The van der Waals surface area contributed by atoms with E-state index in [2.05, 4.69) is 10.4 Å². The molecule has 1 aliphatic rings. The van der Waals surface area contributed by atoms with Crippen molar-refractivity contribution in [2.45, 2.75) is 51.6 Å². The van der Waals surface area contributed by atoms with Gasteiger partial charge in [0, 0.05) is 18.6 Å². The first-order chi connectivity index (χ1) is 9.47. The third kappa shape index (κ3) is 3.15. The van der Waals surface area contributed by atoms with Crippen LogP contribution in [0.3, 0.4) is 0 Å². The Bertz CT molecular complexity index is 520. The smallest absolute Gasteiger partial charge is 0.287 e. The lowest BCUT2D eigenvalue weighted by atomic mass is 9.97. The summed E-state index contributed by atoms with van der Waals surface area (Å²) < 4.78 is 1.42. The number of rotatable bonds is 5. The normalized spacial score (nSPS) is 17.6. The number of hydrogen-bond acceptors (Lipinski definition) is 4. The molecule has 1 saturated carbocycles. The number of nitrogens with one attached hydrogen (secondary N) is 1. The van der Waals surface area contributed by atoms with Crippen LogP contribution >= 0.6 is 11.6 Å². The van der Waals surface area contributed by atoms with Crippen LogP contribution in [0.4, 0.5) is 5.69 Å². The second-order valence-corrected chi connectivity index (χ2v) is 6.45. The van der Waals surface area contributed by atoms with Gasteiger partial charge < -0.3 is 11.1 Å². The molecule has 0 amide bonds. The van der Waals surface area contributed by atoms with E-state index in [0.717, 1.165) is 25.7 Å². The van der Waals surface area contributed by atoms with Crippen molar-refractivity contribution >= 4 is 17.3 Å². The highest BCUT2D eigenvalue weighted by Crippen LogP contribution is 2.33. The fourth-order valence-electron chi connectivity index (χ4n) is 2.75. The van der Waals surface area contributed by atoms with Gasteiger partial charge in [-0.1, -0.05) is 38.3 Å². The molecule has 0 aromatic carbocycles. The van der Waals surface area contributed by atoms with Gasteiger partial charge in [-0.3, -0.25) is 4.79 Å². The molecule has 1 aromatic rings. The minimum absolute atomic E-state index is 0.137. The van der Waals surface area contributed by atoms with Gasteiger partial charge in [-0.2, -0.15) is 5.10 Å². The molecule has 1 fully saturated rings. The van der Waals surface area contributed by atoms with Crippen molar-refractivity contribution < 1.29 is 0 Å². The van der Waals surface area contributed by atoms with Crippen LogP contribution in [0.25, 0.3) is 0 Å². The first-order valence-corrected chi connectivity index (χ1v) is 7.59. The first kappa shape index (κ1) is 15.3. The lowest BCUT2D eigenvalue weighted by Gasteiger charge is -2.30. The van der Waals surface area contributed by atoms with Crippen LogP contribution in [0, 0.1) is 5.92 Å². The second-order valence-electron chi connectivity index (χ2n) is 6.07. The van der Waals surface area contributed by atoms with Crippen LogP contribution in [0.5, 0.6) is 0 Å². The van der Waals surface area contributed by atoms with Gasteiger partial charge in [-0.05, 0) is 18.8 Å². The molecule has 1 aromatic heterocycles. The highest BCUT2D eigenvalue weighted by Gasteiger charge is 2.33. The van der Waals surface area contributed by atoms with Crippen molar-refractivity contribution in [2.24, 2.45) is 11.7 Å². The van der Waals surface area contributed by atoms with Crippen molar-refractivity contribution in [2.75, 3.05) is 11.9 Å². The second kappa shape index (κ2) is 6.14. The summed E-state index contributed by atoms with van der Waals surface area (Å²) in [7, 11) is 0. The molecule has 0 radical (unpaired) electrons. The number of anilines is 1. The van der Waals surface area contributed by atoms with Crippen LogP contribution < -0.4 is 16.6 Å². The van der Waals surface area contributed by atoms with Gasteiger partial charge in [-0.25, -0.2) is 4.68 Å². The van der Waals surface area contributed by atoms with Crippen molar-refractivity contribution in [3.05, 3.63) is 21.6 Å². The van der Waals surface area contributed by atoms with Gasteiger partial charge in [0.05, 0.1) is 11.9 Å². The van der Waals surface area contributed by atoms with Crippen LogP contribution in [-0.2, 0) is 6.54 Å². The van der Waals surface area contributed by atoms with E-state index in [0.29, 0.717) is 24.7 Å². The quantitative estimate of drug-likeness (QED) is 0.874. The number of halogens is 1. The van der Waals surface area contributed by atoms with Crippen molar-refractivity contribution in [1.82, 2.24) is 9.78 Å². The summed E-state index contributed by atoms with van der Waals surface area (Å²) in [6, 6.07) is 0. The van der Waals surface area contributed by atoms with Gasteiger partial charge in [0.25, 0.3) is 5.56 Å². The first-order valence-electron chi connectivity index (χ1n) is 7.21. The van der Waals surface area contributed by atoms with Gasteiger partial charge in [-0.15, -0.1) is 0 Å². The molecular formula is C14H23ClN4O. The van der Waals surface area contributed by atoms with Gasteiger partial charge >= 0.3 is 0 Å². The van der Waals surface area contributed by atoms with E-state index in [1.165, 1.54) is 4.68 Å². The predicted molar refractivity (Wildman–Crippen MR) is 82.2 cm³/mol. The standard InChI is InChI=1S/C14H23ClN4O/c1-10(2)8-19-13(20)12(15)11(7-17-19)18-14(9-16)5-3-4-6-14/h7,10,18H,3-6,8-9,16H2,1-2H3. The van der Waals surface area contributed by atoms with Crippen LogP contribution in [0.1, 0.15) is 39.5 Å².